The lowest BCUT2D eigenvalue weighted by molar-refractivity contribution is -0.114. The summed E-state index contributed by atoms with van der Waals surface area (Å²) in [7, 11) is 0. The standard InChI is InChI=1S/C11H11N3O2.C6H5F/c12-6-10(15)14-8-2-1-7-3-4-13-11(16)9(7)5-8;7-6-4-2-1-3-5-6/h1-5H,6,12H2,(H,13,16)(H,14,15);1-5H. The number of halogens is 1. The van der Waals surface area contributed by atoms with Gasteiger partial charge in [0.25, 0.3) is 5.56 Å². The molecule has 118 valence electrons. The molecule has 0 aliphatic rings. The fourth-order valence-electron chi connectivity index (χ4n) is 1.89. The van der Waals surface area contributed by atoms with Crippen LogP contribution in [0.1, 0.15) is 0 Å². The van der Waals surface area contributed by atoms with Crippen LogP contribution < -0.4 is 16.6 Å². The van der Waals surface area contributed by atoms with Gasteiger partial charge in [0.15, 0.2) is 0 Å². The first kappa shape index (κ1) is 16.4. The molecule has 23 heavy (non-hydrogen) atoms. The zero-order valence-electron chi connectivity index (χ0n) is 12.3. The number of anilines is 1. The van der Waals surface area contributed by atoms with Gasteiger partial charge in [-0.25, -0.2) is 4.39 Å². The van der Waals surface area contributed by atoms with E-state index in [1.165, 1.54) is 12.1 Å². The largest absolute Gasteiger partial charge is 0.329 e. The van der Waals surface area contributed by atoms with Crippen LogP contribution in [-0.4, -0.2) is 17.4 Å². The summed E-state index contributed by atoms with van der Waals surface area (Å²) in [6.45, 7) is -0.0802. The van der Waals surface area contributed by atoms with Crippen molar-refractivity contribution in [2.45, 2.75) is 0 Å². The lowest BCUT2D eigenvalue weighted by Crippen LogP contribution is -2.21. The lowest BCUT2D eigenvalue weighted by Gasteiger charge is -2.04. The molecule has 0 bridgehead atoms. The van der Waals surface area contributed by atoms with E-state index in [0.717, 1.165) is 5.39 Å². The number of amides is 1. The number of hydrogen-bond donors (Lipinski definition) is 3. The highest BCUT2D eigenvalue weighted by molar-refractivity contribution is 5.95. The Morgan fingerprint density at radius 1 is 1.13 bits per heavy atom. The number of hydrogen-bond acceptors (Lipinski definition) is 3. The molecule has 0 aliphatic heterocycles. The van der Waals surface area contributed by atoms with Gasteiger partial charge in [-0.15, -0.1) is 0 Å². The highest BCUT2D eigenvalue weighted by atomic mass is 19.1. The first-order chi connectivity index (χ1) is 11.1. The summed E-state index contributed by atoms with van der Waals surface area (Å²) in [6.07, 6.45) is 1.59. The number of benzene rings is 2. The van der Waals surface area contributed by atoms with Crippen molar-refractivity contribution in [2.24, 2.45) is 5.73 Å². The molecule has 0 radical (unpaired) electrons. The molecule has 5 nitrogen and oxygen atoms in total. The number of rotatable bonds is 2. The lowest BCUT2D eigenvalue weighted by atomic mass is 10.1. The van der Waals surface area contributed by atoms with Crippen molar-refractivity contribution in [2.75, 3.05) is 11.9 Å². The minimum Gasteiger partial charge on any atom is -0.329 e. The van der Waals surface area contributed by atoms with Gasteiger partial charge in [-0.1, -0.05) is 24.3 Å². The van der Waals surface area contributed by atoms with Crippen molar-refractivity contribution < 1.29 is 9.18 Å². The molecule has 0 atom stereocenters. The number of H-pyrrole nitrogens is 1. The van der Waals surface area contributed by atoms with Gasteiger partial charge < -0.3 is 16.0 Å². The molecule has 1 amide bonds. The summed E-state index contributed by atoms with van der Waals surface area (Å²) >= 11 is 0. The third kappa shape index (κ3) is 4.76. The molecule has 0 fully saturated rings. The Balaban J connectivity index is 0.000000229. The molecule has 0 unspecified atom stereocenters. The van der Waals surface area contributed by atoms with Gasteiger partial charge in [-0.3, -0.25) is 9.59 Å². The predicted octanol–water partition coefficient (Wildman–Crippen LogP) is 2.25. The summed E-state index contributed by atoms with van der Waals surface area (Å²) in [4.78, 5) is 25.1. The Kier molecular flexibility index (Phi) is 5.60. The number of pyridine rings is 1. The van der Waals surface area contributed by atoms with Crippen LogP contribution in [0.25, 0.3) is 10.8 Å². The van der Waals surface area contributed by atoms with E-state index in [1.54, 1.807) is 48.7 Å². The van der Waals surface area contributed by atoms with E-state index in [9.17, 15) is 14.0 Å². The van der Waals surface area contributed by atoms with Crippen molar-refractivity contribution >= 4 is 22.4 Å². The molecular weight excluding hydrogens is 297 g/mol. The number of aromatic amines is 1. The number of nitrogens with two attached hydrogens (primary N) is 1. The summed E-state index contributed by atoms with van der Waals surface area (Å²) in [5, 5.41) is 3.96. The maximum Gasteiger partial charge on any atom is 0.255 e. The van der Waals surface area contributed by atoms with E-state index in [2.05, 4.69) is 10.3 Å². The maximum absolute atomic E-state index is 11.9. The summed E-state index contributed by atoms with van der Waals surface area (Å²) in [5.74, 6) is -0.464. The van der Waals surface area contributed by atoms with Crippen molar-refractivity contribution in [1.29, 1.82) is 0 Å². The fraction of sp³-hybridized carbons (Fsp3) is 0.0588. The minimum atomic E-state index is -0.285. The van der Waals surface area contributed by atoms with Crippen LogP contribution in [-0.2, 0) is 4.79 Å². The van der Waals surface area contributed by atoms with Crippen LogP contribution in [0.2, 0.25) is 0 Å². The quantitative estimate of drug-likeness (QED) is 0.678. The van der Waals surface area contributed by atoms with Gasteiger partial charge in [-0.05, 0) is 35.7 Å². The van der Waals surface area contributed by atoms with Gasteiger partial charge in [0.1, 0.15) is 5.82 Å². The van der Waals surface area contributed by atoms with E-state index >= 15 is 0 Å². The molecule has 3 rings (SSSR count). The first-order valence-electron chi connectivity index (χ1n) is 6.92. The predicted molar refractivity (Wildman–Crippen MR) is 88.7 cm³/mol. The SMILES string of the molecule is Fc1ccccc1.NCC(=O)Nc1ccc2cc[nH]c(=O)c2c1. The molecule has 2 aromatic carbocycles. The van der Waals surface area contributed by atoms with Crippen LogP contribution in [0.15, 0.2) is 65.6 Å². The summed E-state index contributed by atoms with van der Waals surface area (Å²) in [6, 6.07) is 14.9. The van der Waals surface area contributed by atoms with Crippen molar-refractivity contribution in [3.63, 3.8) is 0 Å². The van der Waals surface area contributed by atoms with Crippen LogP contribution in [0.3, 0.4) is 0 Å². The normalized spacial score (nSPS) is 9.83. The van der Waals surface area contributed by atoms with Crippen LogP contribution >= 0.6 is 0 Å². The van der Waals surface area contributed by atoms with Gasteiger partial charge >= 0.3 is 0 Å². The van der Waals surface area contributed by atoms with Gasteiger partial charge in [0, 0.05) is 17.3 Å². The van der Waals surface area contributed by atoms with Gasteiger partial charge in [0.05, 0.1) is 6.54 Å². The Morgan fingerprint density at radius 3 is 2.48 bits per heavy atom. The van der Waals surface area contributed by atoms with Gasteiger partial charge in [0.2, 0.25) is 5.91 Å². The Labute approximate surface area is 132 Å². The molecule has 0 saturated heterocycles. The highest BCUT2D eigenvalue weighted by Crippen LogP contribution is 2.15. The van der Waals surface area contributed by atoms with Crippen molar-refractivity contribution in [1.82, 2.24) is 4.98 Å². The van der Waals surface area contributed by atoms with Gasteiger partial charge in [-0.2, -0.15) is 0 Å². The second kappa shape index (κ2) is 7.86. The molecule has 1 aromatic heterocycles. The van der Waals surface area contributed by atoms with E-state index < -0.39 is 0 Å². The molecule has 4 N–H and O–H groups in total. The Morgan fingerprint density at radius 2 is 1.87 bits per heavy atom. The number of nitrogens with one attached hydrogen (secondary N) is 2. The Bertz CT molecular complexity index is 847. The average Bonchev–Trinajstić information content (AvgIpc) is 2.57. The summed E-state index contributed by atoms with van der Waals surface area (Å²) in [5.41, 5.74) is 5.57. The topological polar surface area (TPSA) is 88.0 Å². The summed E-state index contributed by atoms with van der Waals surface area (Å²) < 4.78 is 11.9. The van der Waals surface area contributed by atoms with Crippen LogP contribution in [0, 0.1) is 5.82 Å². The third-order valence-electron chi connectivity index (χ3n) is 2.98. The first-order valence-corrected chi connectivity index (χ1v) is 6.92. The zero-order chi connectivity index (χ0) is 16.7. The number of carbonyl (C=O) groups excluding carboxylic acids is 1. The van der Waals surface area contributed by atoms with Crippen molar-refractivity contribution in [3.8, 4) is 0 Å². The number of fused-ring (bicyclic) bond motifs is 1. The molecule has 6 heteroatoms. The van der Waals surface area contributed by atoms with E-state index in [1.807, 2.05) is 0 Å². The molecular formula is C17H16FN3O2. The van der Waals surface area contributed by atoms with E-state index in [-0.39, 0.29) is 23.8 Å². The number of carbonyl (C=O) groups is 1. The van der Waals surface area contributed by atoms with E-state index in [0.29, 0.717) is 11.1 Å². The van der Waals surface area contributed by atoms with Crippen LogP contribution in [0.5, 0.6) is 0 Å². The molecule has 0 saturated carbocycles. The molecule has 0 spiro atoms. The second-order valence-corrected chi connectivity index (χ2v) is 4.66. The highest BCUT2D eigenvalue weighted by Gasteiger charge is 2.02. The monoisotopic (exact) mass is 313 g/mol. The van der Waals surface area contributed by atoms with Crippen molar-refractivity contribution in [3.05, 3.63) is 77.0 Å². The molecule has 3 aromatic rings. The fourth-order valence-corrected chi connectivity index (χ4v) is 1.89. The maximum atomic E-state index is 11.9. The van der Waals surface area contributed by atoms with Crippen LogP contribution in [0.4, 0.5) is 10.1 Å². The third-order valence-corrected chi connectivity index (χ3v) is 2.98. The molecule has 0 aliphatic carbocycles. The second-order valence-electron chi connectivity index (χ2n) is 4.66. The van der Waals surface area contributed by atoms with E-state index in [4.69, 9.17) is 5.73 Å². The smallest absolute Gasteiger partial charge is 0.255 e. The average molecular weight is 313 g/mol. The number of aromatic nitrogens is 1. The Hall–Kier alpha value is -2.99. The molecule has 1 heterocycles. The zero-order valence-corrected chi connectivity index (χ0v) is 12.3. The minimum absolute atomic E-state index is 0.0802.